The standard InChI is InChI=1S/C8H11N5/c1-3-4-5-13-7-6-12(2)8(13)10-11-9/h6-8H,5H2,1-2H3. The van der Waals surface area contributed by atoms with Crippen LogP contribution in [0.4, 0.5) is 0 Å². The minimum atomic E-state index is -0.272. The monoisotopic (exact) mass is 177 g/mol. The van der Waals surface area contributed by atoms with Gasteiger partial charge in [-0.15, -0.1) is 5.92 Å². The van der Waals surface area contributed by atoms with Crippen molar-refractivity contribution in [3.8, 4) is 11.8 Å². The van der Waals surface area contributed by atoms with Crippen LogP contribution in [0.5, 0.6) is 0 Å². The molecule has 1 atom stereocenters. The van der Waals surface area contributed by atoms with Crippen LogP contribution in [0.1, 0.15) is 6.92 Å². The Hall–Kier alpha value is -1.79. The Kier molecular flexibility index (Phi) is 3.07. The fraction of sp³-hybridized carbons (Fsp3) is 0.500. The maximum Gasteiger partial charge on any atom is 0.182 e. The van der Waals surface area contributed by atoms with Gasteiger partial charge in [0.25, 0.3) is 0 Å². The Morgan fingerprint density at radius 1 is 1.62 bits per heavy atom. The van der Waals surface area contributed by atoms with E-state index in [1.807, 2.05) is 29.2 Å². The van der Waals surface area contributed by atoms with Crippen LogP contribution in [0.3, 0.4) is 0 Å². The first-order valence-corrected chi connectivity index (χ1v) is 3.89. The van der Waals surface area contributed by atoms with Crippen LogP contribution in [-0.2, 0) is 0 Å². The zero-order valence-corrected chi connectivity index (χ0v) is 7.68. The van der Waals surface area contributed by atoms with Gasteiger partial charge in [-0.3, -0.25) is 0 Å². The fourth-order valence-electron chi connectivity index (χ4n) is 1.08. The van der Waals surface area contributed by atoms with Crippen molar-refractivity contribution in [2.24, 2.45) is 5.11 Å². The molecule has 1 aliphatic heterocycles. The molecule has 0 aromatic carbocycles. The number of hydrogen-bond donors (Lipinski definition) is 0. The van der Waals surface area contributed by atoms with Crippen LogP contribution >= 0.6 is 0 Å². The van der Waals surface area contributed by atoms with E-state index >= 15 is 0 Å². The Balaban J connectivity index is 2.66. The third-order valence-corrected chi connectivity index (χ3v) is 1.75. The summed E-state index contributed by atoms with van der Waals surface area (Å²) in [6.45, 7) is 2.37. The predicted octanol–water partition coefficient (Wildman–Crippen LogP) is 1.32. The lowest BCUT2D eigenvalue weighted by Crippen LogP contribution is -2.34. The summed E-state index contributed by atoms with van der Waals surface area (Å²) in [5.74, 6) is 5.71. The number of azide groups is 1. The zero-order valence-electron chi connectivity index (χ0n) is 7.68. The van der Waals surface area contributed by atoms with Gasteiger partial charge in [-0.1, -0.05) is 5.92 Å². The molecule has 13 heavy (non-hydrogen) atoms. The average Bonchev–Trinajstić information content (AvgIpc) is 2.46. The highest BCUT2D eigenvalue weighted by Gasteiger charge is 2.20. The van der Waals surface area contributed by atoms with Gasteiger partial charge in [0.1, 0.15) is 0 Å². The van der Waals surface area contributed by atoms with Gasteiger partial charge in [-0.25, -0.2) is 0 Å². The molecule has 0 aromatic heterocycles. The summed E-state index contributed by atoms with van der Waals surface area (Å²) in [4.78, 5) is 6.48. The molecule has 0 aromatic rings. The molecule has 5 heteroatoms. The number of rotatable bonds is 2. The van der Waals surface area contributed by atoms with E-state index < -0.39 is 0 Å². The fourth-order valence-corrected chi connectivity index (χ4v) is 1.08. The minimum absolute atomic E-state index is 0.272. The summed E-state index contributed by atoms with van der Waals surface area (Å²) in [5.41, 5.74) is 8.33. The van der Waals surface area contributed by atoms with E-state index in [0.717, 1.165) is 0 Å². The Morgan fingerprint density at radius 2 is 2.38 bits per heavy atom. The first kappa shape index (κ1) is 9.30. The molecule has 1 unspecified atom stereocenters. The molecule has 1 rings (SSSR count). The van der Waals surface area contributed by atoms with Gasteiger partial charge in [0.2, 0.25) is 0 Å². The van der Waals surface area contributed by atoms with Crippen molar-refractivity contribution in [3.63, 3.8) is 0 Å². The van der Waals surface area contributed by atoms with Gasteiger partial charge in [0, 0.05) is 24.4 Å². The van der Waals surface area contributed by atoms with Crippen LogP contribution in [-0.4, -0.2) is 29.7 Å². The molecular weight excluding hydrogens is 166 g/mol. The second-order valence-corrected chi connectivity index (χ2v) is 2.61. The first-order valence-electron chi connectivity index (χ1n) is 3.89. The summed E-state index contributed by atoms with van der Waals surface area (Å²) in [7, 11) is 1.86. The van der Waals surface area contributed by atoms with Gasteiger partial charge in [-0.2, -0.15) is 0 Å². The van der Waals surface area contributed by atoms with Crippen molar-refractivity contribution >= 4 is 0 Å². The number of nitrogens with zero attached hydrogens (tertiary/aromatic N) is 5. The smallest absolute Gasteiger partial charge is 0.182 e. The van der Waals surface area contributed by atoms with E-state index in [0.29, 0.717) is 6.54 Å². The van der Waals surface area contributed by atoms with Crippen LogP contribution < -0.4 is 0 Å². The molecule has 1 aliphatic rings. The van der Waals surface area contributed by atoms with E-state index in [-0.39, 0.29) is 6.29 Å². The van der Waals surface area contributed by atoms with E-state index in [2.05, 4.69) is 21.9 Å². The lowest BCUT2D eigenvalue weighted by Gasteiger charge is -2.24. The molecule has 0 spiro atoms. The highest BCUT2D eigenvalue weighted by atomic mass is 15.5. The van der Waals surface area contributed by atoms with Crippen LogP contribution in [0, 0.1) is 11.8 Å². The molecule has 0 N–H and O–H groups in total. The maximum absolute atomic E-state index is 8.33. The summed E-state index contributed by atoms with van der Waals surface area (Å²) in [6.07, 6.45) is 3.45. The summed E-state index contributed by atoms with van der Waals surface area (Å²) >= 11 is 0. The molecule has 0 aliphatic carbocycles. The second kappa shape index (κ2) is 4.29. The summed E-state index contributed by atoms with van der Waals surface area (Å²) in [6, 6.07) is 0. The van der Waals surface area contributed by atoms with Crippen molar-refractivity contribution in [2.75, 3.05) is 13.6 Å². The lowest BCUT2D eigenvalue weighted by atomic mass is 10.5. The molecule has 5 nitrogen and oxygen atoms in total. The topological polar surface area (TPSA) is 55.2 Å². The normalized spacial score (nSPS) is 19.4. The maximum atomic E-state index is 8.33. The third kappa shape index (κ3) is 2.08. The highest BCUT2D eigenvalue weighted by Crippen LogP contribution is 2.13. The summed E-state index contributed by atoms with van der Waals surface area (Å²) < 4.78 is 0. The van der Waals surface area contributed by atoms with Crippen molar-refractivity contribution < 1.29 is 0 Å². The Bertz CT molecular complexity index is 304. The van der Waals surface area contributed by atoms with Gasteiger partial charge in [0.05, 0.1) is 6.54 Å². The molecule has 0 radical (unpaired) electrons. The van der Waals surface area contributed by atoms with Crippen molar-refractivity contribution in [1.29, 1.82) is 0 Å². The van der Waals surface area contributed by atoms with Crippen LogP contribution in [0.15, 0.2) is 17.5 Å². The molecule has 0 amide bonds. The molecule has 0 saturated heterocycles. The molecule has 0 bridgehead atoms. The van der Waals surface area contributed by atoms with Crippen molar-refractivity contribution in [2.45, 2.75) is 13.2 Å². The molecule has 1 heterocycles. The second-order valence-electron chi connectivity index (χ2n) is 2.61. The average molecular weight is 177 g/mol. The summed E-state index contributed by atoms with van der Waals surface area (Å²) in [5, 5.41) is 3.64. The number of hydrogen-bond acceptors (Lipinski definition) is 3. The molecular formula is C8H11N5. The van der Waals surface area contributed by atoms with Crippen molar-refractivity contribution in [3.05, 3.63) is 22.8 Å². The van der Waals surface area contributed by atoms with Crippen molar-refractivity contribution in [1.82, 2.24) is 9.80 Å². The highest BCUT2D eigenvalue weighted by molar-refractivity contribution is 5.04. The minimum Gasteiger partial charge on any atom is -0.354 e. The van der Waals surface area contributed by atoms with E-state index in [1.54, 1.807) is 6.92 Å². The van der Waals surface area contributed by atoms with Crippen LogP contribution in [0.25, 0.3) is 10.4 Å². The zero-order chi connectivity index (χ0) is 9.68. The lowest BCUT2D eigenvalue weighted by molar-refractivity contribution is 0.199. The van der Waals surface area contributed by atoms with Gasteiger partial charge < -0.3 is 9.80 Å². The Morgan fingerprint density at radius 3 is 3.00 bits per heavy atom. The van der Waals surface area contributed by atoms with Gasteiger partial charge in [-0.05, 0) is 17.6 Å². The third-order valence-electron chi connectivity index (χ3n) is 1.75. The quantitative estimate of drug-likeness (QED) is 0.276. The SMILES string of the molecule is CC#CCN1C=CN(C)C1N=[N+]=[N-]. The molecule has 0 saturated carbocycles. The van der Waals surface area contributed by atoms with Gasteiger partial charge >= 0.3 is 0 Å². The largest absolute Gasteiger partial charge is 0.354 e. The predicted molar refractivity (Wildman–Crippen MR) is 50.0 cm³/mol. The van der Waals surface area contributed by atoms with Crippen LogP contribution in [0.2, 0.25) is 0 Å². The molecule has 68 valence electrons. The van der Waals surface area contributed by atoms with E-state index in [4.69, 9.17) is 5.53 Å². The van der Waals surface area contributed by atoms with Gasteiger partial charge in [0.15, 0.2) is 6.29 Å². The Labute approximate surface area is 77.3 Å². The molecule has 0 fully saturated rings. The van der Waals surface area contributed by atoms with E-state index in [1.165, 1.54) is 0 Å². The van der Waals surface area contributed by atoms with E-state index in [9.17, 15) is 0 Å². The first-order chi connectivity index (χ1) is 6.29.